The van der Waals surface area contributed by atoms with Crippen molar-refractivity contribution < 1.29 is 0 Å². The van der Waals surface area contributed by atoms with Gasteiger partial charge in [-0.25, -0.2) is 0 Å². The van der Waals surface area contributed by atoms with Gasteiger partial charge < -0.3 is 10.7 Å². The van der Waals surface area contributed by atoms with Crippen LogP contribution in [0.3, 0.4) is 0 Å². The molecule has 3 N–H and O–H groups in total. The molecule has 2 nitrogen and oxygen atoms in total. The third kappa shape index (κ3) is 3.00. The lowest BCUT2D eigenvalue weighted by Gasteiger charge is -2.50. The number of aryl methyl sites for hydroxylation is 1. The molecule has 0 radical (unpaired) electrons. The van der Waals surface area contributed by atoms with Crippen molar-refractivity contribution in [2.45, 2.75) is 64.3 Å². The summed E-state index contributed by atoms with van der Waals surface area (Å²) in [6.07, 6.45) is 5.59. The van der Waals surface area contributed by atoms with Crippen LogP contribution in [0.4, 0.5) is 0 Å². The standard InChI is InChI=1S/C25H32N2/c1-4-10-21-20-13-8-9-14-22(20)27-23(21)18-15-16-25(26,24(2,3)17-18)19-11-6-5-7-12-19/h5-9,11-14,18,27H,4,10,15-17,26H2,1-3H3. The average Bonchev–Trinajstić information content (AvgIpc) is 3.04. The Hall–Kier alpha value is -2.06. The number of para-hydroxylation sites is 1. The molecule has 0 aliphatic heterocycles. The molecule has 1 fully saturated rings. The monoisotopic (exact) mass is 360 g/mol. The van der Waals surface area contributed by atoms with Gasteiger partial charge in [0.15, 0.2) is 0 Å². The minimum Gasteiger partial charge on any atom is -0.358 e. The number of hydrogen-bond acceptors (Lipinski definition) is 1. The molecule has 1 heterocycles. The van der Waals surface area contributed by atoms with Crippen LogP contribution < -0.4 is 5.73 Å². The summed E-state index contributed by atoms with van der Waals surface area (Å²) in [7, 11) is 0. The second kappa shape index (κ2) is 6.83. The van der Waals surface area contributed by atoms with Crippen molar-refractivity contribution >= 4 is 10.9 Å². The first kappa shape index (κ1) is 18.3. The molecule has 2 unspecified atom stereocenters. The van der Waals surface area contributed by atoms with Crippen molar-refractivity contribution in [2.75, 3.05) is 0 Å². The number of nitrogens with one attached hydrogen (secondary N) is 1. The first-order valence-electron chi connectivity index (χ1n) is 10.4. The molecule has 1 aliphatic rings. The van der Waals surface area contributed by atoms with Crippen LogP contribution >= 0.6 is 0 Å². The Morgan fingerprint density at radius 3 is 2.44 bits per heavy atom. The molecule has 4 rings (SSSR count). The van der Waals surface area contributed by atoms with E-state index in [4.69, 9.17) is 5.73 Å². The van der Waals surface area contributed by atoms with Crippen molar-refractivity contribution in [3.05, 3.63) is 71.4 Å². The van der Waals surface area contributed by atoms with Gasteiger partial charge in [0.05, 0.1) is 0 Å². The third-order valence-corrected chi connectivity index (χ3v) is 6.90. The fourth-order valence-corrected chi connectivity index (χ4v) is 5.25. The number of H-pyrrole nitrogens is 1. The lowest BCUT2D eigenvalue weighted by Crippen LogP contribution is -2.53. The van der Waals surface area contributed by atoms with Gasteiger partial charge in [0, 0.05) is 22.1 Å². The second-order valence-electron chi connectivity index (χ2n) is 8.97. The van der Waals surface area contributed by atoms with E-state index < -0.39 is 0 Å². The molecule has 1 aromatic heterocycles. The molecule has 1 saturated carbocycles. The number of rotatable bonds is 4. The minimum atomic E-state index is -0.262. The molecular weight excluding hydrogens is 328 g/mol. The van der Waals surface area contributed by atoms with E-state index in [-0.39, 0.29) is 11.0 Å². The largest absolute Gasteiger partial charge is 0.358 e. The molecule has 2 aromatic carbocycles. The lowest BCUT2D eigenvalue weighted by molar-refractivity contribution is 0.0825. The predicted molar refractivity (Wildman–Crippen MR) is 115 cm³/mol. The first-order valence-corrected chi connectivity index (χ1v) is 10.4. The van der Waals surface area contributed by atoms with Crippen LogP contribution in [-0.4, -0.2) is 4.98 Å². The molecule has 27 heavy (non-hydrogen) atoms. The summed E-state index contributed by atoms with van der Waals surface area (Å²) in [5.74, 6) is 0.550. The number of aromatic nitrogens is 1. The van der Waals surface area contributed by atoms with Gasteiger partial charge in [-0.3, -0.25) is 0 Å². The maximum absolute atomic E-state index is 7.06. The predicted octanol–water partition coefficient (Wildman–Crippen LogP) is 6.27. The molecule has 0 spiro atoms. The van der Waals surface area contributed by atoms with Crippen LogP contribution in [0.2, 0.25) is 0 Å². The van der Waals surface area contributed by atoms with Crippen molar-refractivity contribution in [1.29, 1.82) is 0 Å². The maximum Gasteiger partial charge on any atom is 0.0461 e. The zero-order chi connectivity index (χ0) is 19.1. The molecule has 1 aliphatic carbocycles. The minimum absolute atomic E-state index is 0.0397. The van der Waals surface area contributed by atoms with E-state index in [0.717, 1.165) is 25.7 Å². The van der Waals surface area contributed by atoms with Crippen LogP contribution in [-0.2, 0) is 12.0 Å². The molecule has 2 heteroatoms. The number of nitrogens with two attached hydrogens (primary N) is 1. The van der Waals surface area contributed by atoms with Gasteiger partial charge in [0.2, 0.25) is 0 Å². The first-order chi connectivity index (χ1) is 13.0. The molecule has 3 aromatic rings. The van der Waals surface area contributed by atoms with Gasteiger partial charge in [-0.05, 0) is 54.2 Å². The Morgan fingerprint density at radius 1 is 1.04 bits per heavy atom. The number of hydrogen-bond donors (Lipinski definition) is 2. The normalized spacial score (nSPS) is 25.0. The number of aromatic amines is 1. The van der Waals surface area contributed by atoms with E-state index >= 15 is 0 Å². The number of benzene rings is 2. The van der Waals surface area contributed by atoms with E-state index in [0.29, 0.717) is 5.92 Å². The molecular formula is C25H32N2. The summed E-state index contributed by atoms with van der Waals surface area (Å²) in [4.78, 5) is 3.78. The van der Waals surface area contributed by atoms with E-state index in [1.54, 1.807) is 0 Å². The van der Waals surface area contributed by atoms with Gasteiger partial charge in [-0.15, -0.1) is 0 Å². The van der Waals surface area contributed by atoms with Gasteiger partial charge in [-0.2, -0.15) is 0 Å². The van der Waals surface area contributed by atoms with E-state index in [9.17, 15) is 0 Å². The zero-order valence-corrected chi connectivity index (χ0v) is 16.9. The fourth-order valence-electron chi connectivity index (χ4n) is 5.25. The molecule has 2 atom stereocenters. The van der Waals surface area contributed by atoms with Crippen LogP contribution in [0.1, 0.15) is 69.2 Å². The highest BCUT2D eigenvalue weighted by Gasteiger charge is 2.48. The molecule has 0 amide bonds. The summed E-state index contributed by atoms with van der Waals surface area (Å²) in [6, 6.07) is 19.5. The van der Waals surface area contributed by atoms with Gasteiger partial charge in [0.1, 0.15) is 0 Å². The van der Waals surface area contributed by atoms with Crippen LogP contribution in [0.5, 0.6) is 0 Å². The Labute approximate surface area is 163 Å². The highest BCUT2D eigenvalue weighted by atomic mass is 14.8. The SMILES string of the molecule is CCCc1c(C2CCC(N)(c3ccccc3)C(C)(C)C2)[nH]c2ccccc12. The molecule has 0 saturated heterocycles. The quantitative estimate of drug-likeness (QED) is 0.566. The molecule has 0 bridgehead atoms. The zero-order valence-electron chi connectivity index (χ0n) is 16.9. The smallest absolute Gasteiger partial charge is 0.0461 e. The van der Waals surface area contributed by atoms with Crippen molar-refractivity contribution in [3.8, 4) is 0 Å². The molecule has 142 valence electrons. The van der Waals surface area contributed by atoms with E-state index in [1.165, 1.54) is 34.1 Å². The average molecular weight is 361 g/mol. The van der Waals surface area contributed by atoms with Gasteiger partial charge in [0.25, 0.3) is 0 Å². The van der Waals surface area contributed by atoms with Crippen LogP contribution in [0.15, 0.2) is 54.6 Å². The van der Waals surface area contributed by atoms with Crippen molar-refractivity contribution in [1.82, 2.24) is 4.98 Å². The third-order valence-electron chi connectivity index (χ3n) is 6.90. The van der Waals surface area contributed by atoms with E-state index in [1.807, 2.05) is 0 Å². The topological polar surface area (TPSA) is 41.8 Å². The summed E-state index contributed by atoms with van der Waals surface area (Å²) in [6.45, 7) is 6.99. The summed E-state index contributed by atoms with van der Waals surface area (Å²) >= 11 is 0. The Bertz CT molecular complexity index is 922. The summed E-state index contributed by atoms with van der Waals surface area (Å²) < 4.78 is 0. The van der Waals surface area contributed by atoms with Crippen molar-refractivity contribution in [3.63, 3.8) is 0 Å². The van der Waals surface area contributed by atoms with Gasteiger partial charge >= 0.3 is 0 Å². The van der Waals surface area contributed by atoms with Crippen LogP contribution in [0, 0.1) is 5.41 Å². The van der Waals surface area contributed by atoms with E-state index in [2.05, 4.69) is 80.4 Å². The lowest BCUT2D eigenvalue weighted by atomic mass is 9.57. The summed E-state index contributed by atoms with van der Waals surface area (Å²) in [5.41, 5.74) is 12.4. The Balaban J connectivity index is 1.71. The second-order valence-corrected chi connectivity index (χ2v) is 8.97. The maximum atomic E-state index is 7.06. The van der Waals surface area contributed by atoms with Crippen molar-refractivity contribution in [2.24, 2.45) is 11.1 Å². The van der Waals surface area contributed by atoms with Gasteiger partial charge in [-0.1, -0.05) is 75.7 Å². The van der Waals surface area contributed by atoms with Crippen LogP contribution in [0.25, 0.3) is 10.9 Å². The highest BCUT2D eigenvalue weighted by Crippen LogP contribution is 2.53. The highest BCUT2D eigenvalue weighted by molar-refractivity contribution is 5.84. The fraction of sp³-hybridized carbons (Fsp3) is 0.440. The Kier molecular flexibility index (Phi) is 4.63. The Morgan fingerprint density at radius 2 is 1.74 bits per heavy atom. The number of fused-ring (bicyclic) bond motifs is 1. The summed E-state index contributed by atoms with van der Waals surface area (Å²) in [5, 5.41) is 1.40.